The van der Waals surface area contributed by atoms with Gasteiger partial charge >= 0.3 is 0 Å². The molecule has 0 unspecified atom stereocenters. The van der Waals surface area contributed by atoms with Gasteiger partial charge in [-0.2, -0.15) is 5.10 Å². The maximum atomic E-state index is 9.41. The van der Waals surface area contributed by atoms with Gasteiger partial charge in [0.25, 0.3) is 0 Å². The molecule has 0 atom stereocenters. The summed E-state index contributed by atoms with van der Waals surface area (Å²) in [6, 6.07) is 21.8. The minimum atomic E-state index is 0.245. The maximum absolute atomic E-state index is 9.41. The van der Waals surface area contributed by atoms with Crippen molar-refractivity contribution in [3.63, 3.8) is 0 Å². The average Bonchev–Trinajstić information content (AvgIpc) is 3.33. The van der Waals surface area contributed by atoms with Gasteiger partial charge in [-0.05, 0) is 48.0 Å². The molecule has 0 bridgehead atoms. The highest BCUT2D eigenvalue weighted by molar-refractivity contribution is 7.14. The van der Waals surface area contributed by atoms with Crippen LogP contribution < -0.4 is 5.43 Å². The zero-order valence-electron chi connectivity index (χ0n) is 15.7. The van der Waals surface area contributed by atoms with Crippen LogP contribution in [-0.2, 0) is 7.05 Å². The van der Waals surface area contributed by atoms with Crippen LogP contribution in [0.4, 0.5) is 5.13 Å². The molecule has 0 fully saturated rings. The van der Waals surface area contributed by atoms with E-state index in [9.17, 15) is 5.11 Å². The highest BCUT2D eigenvalue weighted by Crippen LogP contribution is 2.29. The summed E-state index contributed by atoms with van der Waals surface area (Å²) < 4.78 is 2.21. The van der Waals surface area contributed by atoms with E-state index in [2.05, 4.69) is 69.6 Å². The molecule has 0 saturated heterocycles. The molecule has 5 aromatic rings. The number of aromatic hydroxyl groups is 1. The van der Waals surface area contributed by atoms with Crippen molar-refractivity contribution in [1.29, 1.82) is 0 Å². The van der Waals surface area contributed by atoms with Crippen molar-refractivity contribution in [2.24, 2.45) is 12.1 Å². The number of para-hydroxylation sites is 1. The number of aromatic nitrogens is 2. The van der Waals surface area contributed by atoms with E-state index in [0.717, 1.165) is 22.0 Å². The lowest BCUT2D eigenvalue weighted by atomic mass is 10.1. The number of aryl methyl sites for hydroxylation is 1. The van der Waals surface area contributed by atoms with Crippen molar-refractivity contribution in [3.05, 3.63) is 77.7 Å². The Bertz CT molecular complexity index is 1350. The first-order chi connectivity index (χ1) is 14.2. The maximum Gasteiger partial charge on any atom is 0.203 e. The van der Waals surface area contributed by atoms with Gasteiger partial charge < -0.3 is 9.67 Å². The summed E-state index contributed by atoms with van der Waals surface area (Å²) >= 11 is 1.49. The molecule has 0 aliphatic carbocycles. The third-order valence-corrected chi connectivity index (χ3v) is 5.73. The fourth-order valence-electron chi connectivity index (χ4n) is 3.52. The number of thiazole rings is 1. The highest BCUT2D eigenvalue weighted by atomic mass is 32.1. The number of benzene rings is 3. The lowest BCUT2D eigenvalue weighted by Crippen LogP contribution is -1.91. The third-order valence-electron chi connectivity index (χ3n) is 4.98. The molecule has 29 heavy (non-hydrogen) atoms. The summed E-state index contributed by atoms with van der Waals surface area (Å²) in [6.07, 6.45) is 1.81. The van der Waals surface area contributed by atoms with E-state index in [0.29, 0.717) is 0 Å². The Labute approximate surface area is 171 Å². The van der Waals surface area contributed by atoms with Crippen molar-refractivity contribution >= 4 is 44.5 Å². The van der Waals surface area contributed by atoms with Crippen LogP contribution in [0, 0.1) is 0 Å². The number of hydrazone groups is 1. The van der Waals surface area contributed by atoms with Crippen LogP contribution in [0.1, 0.15) is 5.56 Å². The van der Waals surface area contributed by atoms with Gasteiger partial charge in [0.2, 0.25) is 5.13 Å². The summed E-state index contributed by atoms with van der Waals surface area (Å²) in [5.74, 6) is 0.245. The molecule has 0 spiro atoms. The van der Waals surface area contributed by atoms with Crippen LogP contribution in [0.5, 0.6) is 5.75 Å². The van der Waals surface area contributed by atoms with Crippen LogP contribution in [0.3, 0.4) is 0 Å². The van der Waals surface area contributed by atoms with E-state index in [4.69, 9.17) is 0 Å². The smallest absolute Gasteiger partial charge is 0.203 e. The Kier molecular flexibility index (Phi) is 4.26. The fourth-order valence-corrected chi connectivity index (χ4v) is 4.19. The molecule has 3 aromatic carbocycles. The highest BCUT2D eigenvalue weighted by Gasteiger charge is 2.08. The topological polar surface area (TPSA) is 62.4 Å². The summed E-state index contributed by atoms with van der Waals surface area (Å²) in [6.45, 7) is 0. The number of hydrogen-bond acceptors (Lipinski definition) is 5. The second-order valence-electron chi connectivity index (χ2n) is 6.81. The van der Waals surface area contributed by atoms with Crippen LogP contribution in [0.2, 0.25) is 0 Å². The van der Waals surface area contributed by atoms with E-state index in [1.807, 2.05) is 23.7 Å². The Hall–Kier alpha value is -3.64. The van der Waals surface area contributed by atoms with E-state index < -0.39 is 0 Å². The zero-order chi connectivity index (χ0) is 19.8. The van der Waals surface area contributed by atoms with Gasteiger partial charge in [0.05, 0.1) is 11.9 Å². The molecular formula is C23H18N4OS. The molecule has 5 nitrogen and oxygen atoms in total. The number of phenolic OH excluding ortho intramolecular Hbond substituents is 1. The number of hydrogen-bond donors (Lipinski definition) is 2. The van der Waals surface area contributed by atoms with Crippen molar-refractivity contribution in [3.8, 4) is 17.0 Å². The number of rotatable bonds is 4. The number of anilines is 1. The van der Waals surface area contributed by atoms with Crippen molar-refractivity contribution < 1.29 is 5.11 Å². The number of nitrogens with one attached hydrogen (secondary N) is 1. The van der Waals surface area contributed by atoms with E-state index >= 15 is 0 Å². The fraction of sp³-hybridized carbons (Fsp3) is 0.0435. The zero-order valence-corrected chi connectivity index (χ0v) is 16.5. The van der Waals surface area contributed by atoms with Gasteiger partial charge in [-0.1, -0.05) is 24.3 Å². The van der Waals surface area contributed by atoms with Crippen molar-refractivity contribution in [2.45, 2.75) is 0 Å². The Balaban J connectivity index is 1.37. The normalized spacial score (nSPS) is 11.6. The Morgan fingerprint density at radius 2 is 1.79 bits per heavy atom. The molecular weight excluding hydrogens is 380 g/mol. The first-order valence-corrected chi connectivity index (χ1v) is 10.1. The van der Waals surface area contributed by atoms with Gasteiger partial charge in [-0.25, -0.2) is 4.98 Å². The van der Waals surface area contributed by atoms with Crippen molar-refractivity contribution in [1.82, 2.24) is 9.55 Å². The minimum absolute atomic E-state index is 0.245. The average molecular weight is 398 g/mol. The van der Waals surface area contributed by atoms with Gasteiger partial charge in [-0.15, -0.1) is 11.3 Å². The second kappa shape index (κ2) is 7.07. The second-order valence-corrected chi connectivity index (χ2v) is 7.67. The Morgan fingerprint density at radius 3 is 2.66 bits per heavy atom. The molecule has 0 amide bonds. The van der Waals surface area contributed by atoms with Gasteiger partial charge in [0.15, 0.2) is 0 Å². The van der Waals surface area contributed by atoms with Gasteiger partial charge in [-0.3, -0.25) is 5.43 Å². The quantitative estimate of drug-likeness (QED) is 0.306. The molecule has 142 valence electrons. The molecule has 0 aliphatic heterocycles. The number of fused-ring (bicyclic) bond motifs is 3. The lowest BCUT2D eigenvalue weighted by molar-refractivity contribution is 0.475. The Morgan fingerprint density at radius 1 is 1.00 bits per heavy atom. The number of nitrogens with zero attached hydrogens (tertiary/aromatic N) is 3. The molecule has 5 rings (SSSR count). The van der Waals surface area contributed by atoms with Crippen LogP contribution in [0.15, 0.2) is 77.2 Å². The lowest BCUT2D eigenvalue weighted by Gasteiger charge is -1.99. The SMILES string of the molecule is Cn1c2ccccc2c2cc(/C=N/Nc3nc(-c4ccc(O)cc4)cs3)ccc21. The van der Waals surface area contributed by atoms with Gasteiger partial charge in [0, 0.05) is 39.8 Å². The number of phenols is 1. The molecule has 0 aliphatic rings. The predicted octanol–water partition coefficient (Wildman–Crippen LogP) is 5.61. The van der Waals surface area contributed by atoms with E-state index in [-0.39, 0.29) is 5.75 Å². The first kappa shape index (κ1) is 17.5. The monoisotopic (exact) mass is 398 g/mol. The predicted molar refractivity (Wildman–Crippen MR) is 121 cm³/mol. The van der Waals surface area contributed by atoms with E-state index in [1.165, 1.54) is 33.1 Å². The standard InChI is InChI=1S/C23H18N4OS/c1-27-21-5-3-2-4-18(21)19-12-15(6-11-22(19)27)13-24-26-23-25-20(14-29-23)16-7-9-17(28)10-8-16/h2-14,28H,1H3,(H,25,26)/b24-13+. The van der Waals surface area contributed by atoms with Crippen LogP contribution in [-0.4, -0.2) is 20.9 Å². The first-order valence-electron chi connectivity index (χ1n) is 9.20. The van der Waals surface area contributed by atoms with E-state index in [1.54, 1.807) is 12.1 Å². The summed E-state index contributed by atoms with van der Waals surface area (Å²) in [5.41, 5.74) is 8.26. The minimum Gasteiger partial charge on any atom is -0.508 e. The summed E-state index contributed by atoms with van der Waals surface area (Å²) in [7, 11) is 2.09. The van der Waals surface area contributed by atoms with Crippen LogP contribution in [0.25, 0.3) is 33.1 Å². The van der Waals surface area contributed by atoms with Crippen LogP contribution >= 0.6 is 11.3 Å². The molecule has 2 aromatic heterocycles. The largest absolute Gasteiger partial charge is 0.508 e. The molecule has 0 saturated carbocycles. The molecule has 0 radical (unpaired) electrons. The summed E-state index contributed by atoms with van der Waals surface area (Å²) in [4.78, 5) is 4.54. The molecule has 2 N–H and O–H groups in total. The molecule has 6 heteroatoms. The van der Waals surface area contributed by atoms with Crippen molar-refractivity contribution in [2.75, 3.05) is 5.43 Å². The molecule has 2 heterocycles. The third kappa shape index (κ3) is 3.23. The van der Waals surface area contributed by atoms with Gasteiger partial charge in [0.1, 0.15) is 5.75 Å². The summed E-state index contributed by atoms with van der Waals surface area (Å²) in [5, 5.41) is 18.9.